The Hall–Kier alpha value is -0.880. The summed E-state index contributed by atoms with van der Waals surface area (Å²) >= 11 is 13.9. The molecule has 0 atom stereocenters. The molecule has 2 fully saturated rings. The van der Waals surface area contributed by atoms with Gasteiger partial charge in [-0.1, -0.05) is 34.5 Å². The largest absolute Gasteiger partial charge is 0.314 e. The second kappa shape index (κ2) is 6.45. The molecule has 2 aromatic rings. The molecule has 24 heavy (non-hydrogen) atoms. The first-order valence-electron chi connectivity index (χ1n) is 8.16. The summed E-state index contributed by atoms with van der Waals surface area (Å²) in [7, 11) is 0. The van der Waals surface area contributed by atoms with Crippen molar-refractivity contribution in [3.05, 3.63) is 39.6 Å². The van der Waals surface area contributed by atoms with Crippen molar-refractivity contribution >= 4 is 45.4 Å². The van der Waals surface area contributed by atoms with Gasteiger partial charge in [0, 0.05) is 12.1 Å². The molecule has 128 valence electrons. The summed E-state index contributed by atoms with van der Waals surface area (Å²) in [5.74, 6) is -0.297. The van der Waals surface area contributed by atoms with E-state index in [1.165, 1.54) is 36.3 Å². The summed E-state index contributed by atoms with van der Waals surface area (Å²) < 4.78 is 14.5. The summed E-state index contributed by atoms with van der Waals surface area (Å²) in [5.41, 5.74) is 0.796. The molecule has 0 saturated carbocycles. The average Bonchev–Trinajstić information content (AvgIpc) is 3.23. The Morgan fingerprint density at radius 3 is 2.67 bits per heavy atom. The number of thiazole rings is 1. The average molecular weight is 386 g/mol. The van der Waals surface area contributed by atoms with Crippen LogP contribution >= 0.6 is 34.5 Å². The minimum absolute atomic E-state index is 0.133. The Balaban J connectivity index is 1.75. The minimum Gasteiger partial charge on any atom is -0.314 e. The second-order valence-electron chi connectivity index (χ2n) is 6.55. The number of fused-ring (bicyclic) bond motifs is 1. The van der Waals surface area contributed by atoms with Crippen LogP contribution in [0.25, 0.3) is 0 Å². The molecule has 0 unspecified atom stereocenters. The fourth-order valence-electron chi connectivity index (χ4n) is 4.10. The zero-order valence-electron chi connectivity index (χ0n) is 13.1. The Labute approximate surface area is 155 Å². The molecule has 0 aliphatic carbocycles. The normalized spacial score (nSPS) is 19.6. The van der Waals surface area contributed by atoms with Crippen LogP contribution in [0.4, 0.5) is 15.2 Å². The first kappa shape index (κ1) is 16.6. The van der Waals surface area contributed by atoms with E-state index in [1.807, 2.05) is 4.90 Å². The van der Waals surface area contributed by atoms with Gasteiger partial charge < -0.3 is 4.90 Å². The molecule has 3 heterocycles. The van der Waals surface area contributed by atoms with Gasteiger partial charge in [0.1, 0.15) is 10.2 Å². The molecule has 0 radical (unpaired) electrons. The topological polar surface area (TPSA) is 19.4 Å². The molecule has 2 aliphatic rings. The van der Waals surface area contributed by atoms with E-state index in [-0.39, 0.29) is 11.4 Å². The predicted molar refractivity (Wildman–Crippen MR) is 98.3 cm³/mol. The van der Waals surface area contributed by atoms with E-state index in [9.17, 15) is 4.39 Å². The van der Waals surface area contributed by atoms with Crippen LogP contribution < -0.4 is 4.90 Å². The van der Waals surface area contributed by atoms with E-state index in [0.717, 1.165) is 37.6 Å². The Bertz CT molecular complexity index is 741. The lowest BCUT2D eigenvalue weighted by atomic mass is 9.93. The van der Waals surface area contributed by atoms with E-state index in [0.29, 0.717) is 15.0 Å². The molecule has 0 N–H and O–H groups in total. The first-order chi connectivity index (χ1) is 11.6. The molecule has 0 amide bonds. The maximum absolute atomic E-state index is 13.9. The fraction of sp³-hybridized carbons (Fsp3) is 0.471. The lowest BCUT2D eigenvalue weighted by Gasteiger charge is -2.37. The quantitative estimate of drug-likeness (QED) is 0.706. The molecule has 3 nitrogen and oxygen atoms in total. The van der Waals surface area contributed by atoms with Crippen LogP contribution in [0.15, 0.2) is 24.4 Å². The van der Waals surface area contributed by atoms with Crippen molar-refractivity contribution in [2.24, 2.45) is 0 Å². The number of rotatable bonds is 4. The molecule has 0 bridgehead atoms. The van der Waals surface area contributed by atoms with Crippen molar-refractivity contribution in [2.45, 2.75) is 31.2 Å². The molecule has 0 spiro atoms. The second-order valence-corrected chi connectivity index (χ2v) is 8.59. The number of aromatic nitrogens is 1. The highest BCUT2D eigenvalue weighted by Gasteiger charge is 2.45. The number of anilines is 2. The van der Waals surface area contributed by atoms with Crippen LogP contribution in [0.1, 0.15) is 25.7 Å². The Morgan fingerprint density at radius 2 is 2.00 bits per heavy atom. The molecular formula is C17H18Cl2FN3S. The molecule has 4 rings (SSSR count). The minimum atomic E-state index is -0.297. The highest BCUT2D eigenvalue weighted by Crippen LogP contribution is 2.44. The number of hydrogen-bond acceptors (Lipinski definition) is 4. The van der Waals surface area contributed by atoms with Crippen LogP contribution in [0.2, 0.25) is 9.36 Å². The highest BCUT2D eigenvalue weighted by molar-refractivity contribution is 7.19. The van der Waals surface area contributed by atoms with Crippen molar-refractivity contribution in [2.75, 3.05) is 24.5 Å². The first-order valence-corrected chi connectivity index (χ1v) is 9.74. The Kier molecular flexibility index (Phi) is 4.45. The van der Waals surface area contributed by atoms with Gasteiger partial charge in [-0.15, -0.1) is 0 Å². The fourth-order valence-corrected chi connectivity index (χ4v) is 5.23. The smallest absolute Gasteiger partial charge is 0.191 e. The van der Waals surface area contributed by atoms with Crippen molar-refractivity contribution in [1.82, 2.24) is 9.88 Å². The monoisotopic (exact) mass is 385 g/mol. The highest BCUT2D eigenvalue weighted by atomic mass is 35.5. The van der Waals surface area contributed by atoms with Gasteiger partial charge in [0.15, 0.2) is 5.13 Å². The summed E-state index contributed by atoms with van der Waals surface area (Å²) in [6.45, 7) is 3.05. The summed E-state index contributed by atoms with van der Waals surface area (Å²) in [4.78, 5) is 9.05. The van der Waals surface area contributed by atoms with Gasteiger partial charge in [-0.05, 0) is 57.0 Å². The predicted octanol–water partition coefficient (Wildman–Crippen LogP) is 5.36. The molecule has 1 aromatic carbocycles. The third-order valence-electron chi connectivity index (χ3n) is 5.16. The van der Waals surface area contributed by atoms with Crippen LogP contribution in [-0.2, 0) is 0 Å². The van der Waals surface area contributed by atoms with Crippen LogP contribution in [0, 0.1) is 5.82 Å². The molecule has 1 aromatic heterocycles. The zero-order valence-corrected chi connectivity index (χ0v) is 15.5. The van der Waals surface area contributed by atoms with Gasteiger partial charge in [-0.2, -0.15) is 0 Å². The lowest BCUT2D eigenvalue weighted by Crippen LogP contribution is -2.47. The van der Waals surface area contributed by atoms with Gasteiger partial charge >= 0.3 is 0 Å². The van der Waals surface area contributed by atoms with E-state index in [1.54, 1.807) is 12.3 Å². The third kappa shape index (κ3) is 2.92. The maximum Gasteiger partial charge on any atom is 0.191 e. The van der Waals surface area contributed by atoms with E-state index in [2.05, 4.69) is 9.88 Å². The van der Waals surface area contributed by atoms with Gasteiger partial charge in [0.25, 0.3) is 0 Å². The number of benzene rings is 1. The van der Waals surface area contributed by atoms with Crippen molar-refractivity contribution < 1.29 is 4.39 Å². The van der Waals surface area contributed by atoms with E-state index >= 15 is 0 Å². The molecule has 2 saturated heterocycles. The summed E-state index contributed by atoms with van der Waals surface area (Å²) in [5, 5.41) is 1.29. The zero-order chi connectivity index (χ0) is 16.7. The van der Waals surface area contributed by atoms with Crippen LogP contribution in [-0.4, -0.2) is 35.1 Å². The van der Waals surface area contributed by atoms with E-state index in [4.69, 9.17) is 23.2 Å². The van der Waals surface area contributed by atoms with Gasteiger partial charge in [0.05, 0.1) is 16.9 Å². The lowest BCUT2D eigenvalue weighted by molar-refractivity contribution is 0.203. The maximum atomic E-state index is 13.9. The third-order valence-corrected chi connectivity index (χ3v) is 6.62. The van der Waals surface area contributed by atoms with Crippen molar-refractivity contribution in [3.63, 3.8) is 0 Å². The van der Waals surface area contributed by atoms with Crippen LogP contribution in [0.5, 0.6) is 0 Å². The number of halogens is 3. The Morgan fingerprint density at radius 1 is 1.25 bits per heavy atom. The molecular weight excluding hydrogens is 368 g/mol. The molecule has 7 heteroatoms. The standard InChI is InChI=1S/C17H18Cl2FN3S/c18-13-4-3-12(20)9-14(13)23(16-21-10-15(19)24-16)11-17-5-1-7-22(17)8-2-6-17/h3-4,9-10H,1-2,5-8,11H2. The van der Waals surface area contributed by atoms with Gasteiger partial charge in [-0.3, -0.25) is 4.90 Å². The number of hydrogen-bond donors (Lipinski definition) is 0. The number of nitrogens with zero attached hydrogens (tertiary/aromatic N) is 3. The van der Waals surface area contributed by atoms with Crippen molar-refractivity contribution in [1.29, 1.82) is 0 Å². The summed E-state index contributed by atoms with van der Waals surface area (Å²) in [6.07, 6.45) is 6.39. The van der Waals surface area contributed by atoms with Gasteiger partial charge in [-0.25, -0.2) is 9.37 Å². The SMILES string of the molecule is Fc1ccc(Cl)c(N(CC23CCCN2CCC3)c2ncc(Cl)s2)c1. The van der Waals surface area contributed by atoms with E-state index < -0.39 is 0 Å². The molecule has 2 aliphatic heterocycles. The van der Waals surface area contributed by atoms with Crippen molar-refractivity contribution in [3.8, 4) is 0 Å². The summed E-state index contributed by atoms with van der Waals surface area (Å²) in [6, 6.07) is 4.48. The van der Waals surface area contributed by atoms with Crippen LogP contribution in [0.3, 0.4) is 0 Å². The van der Waals surface area contributed by atoms with Gasteiger partial charge in [0.2, 0.25) is 0 Å².